The van der Waals surface area contributed by atoms with Crippen molar-refractivity contribution in [3.05, 3.63) is 70.3 Å². The maximum atomic E-state index is 12.8. The summed E-state index contributed by atoms with van der Waals surface area (Å²) in [4.78, 5) is 39.8. The molecule has 0 spiro atoms. The topological polar surface area (TPSA) is 114 Å². The maximum Gasteiger partial charge on any atom is 0.270 e. The summed E-state index contributed by atoms with van der Waals surface area (Å²) in [5.41, 5.74) is 1.44. The van der Waals surface area contributed by atoms with Crippen molar-refractivity contribution < 1.29 is 14.5 Å². The van der Waals surface area contributed by atoms with E-state index >= 15 is 0 Å². The number of non-ortho nitro benzene ring substituents is 1. The second-order valence-electron chi connectivity index (χ2n) is 6.92. The molecule has 0 saturated heterocycles. The molecule has 1 aliphatic carbocycles. The molecule has 1 aromatic heterocycles. The molecule has 3 aromatic rings. The number of nitrogens with one attached hydrogen (secondary N) is 2. The van der Waals surface area contributed by atoms with E-state index in [2.05, 4.69) is 15.6 Å². The molecule has 0 aliphatic heterocycles. The molecule has 0 radical (unpaired) electrons. The standard InChI is InChI=1S/C21H18N4O4S2/c26-17(22-15-9-10-15)12-30-21-23-18(13-5-2-1-3-6-13)20(31-21)24-19(27)14-7-4-8-16(11-14)25(28)29/h1-8,11,15H,9-10,12H2,(H,22,26)(H,24,27). The molecule has 0 unspecified atom stereocenters. The number of nitro groups is 1. The van der Waals surface area contributed by atoms with Gasteiger partial charge in [0.25, 0.3) is 11.6 Å². The number of anilines is 1. The van der Waals surface area contributed by atoms with Gasteiger partial charge in [-0.15, -0.1) is 0 Å². The van der Waals surface area contributed by atoms with Crippen LogP contribution in [0.25, 0.3) is 11.3 Å². The minimum atomic E-state index is -0.541. The van der Waals surface area contributed by atoms with Crippen molar-refractivity contribution in [2.75, 3.05) is 11.1 Å². The molecule has 1 saturated carbocycles. The summed E-state index contributed by atoms with van der Waals surface area (Å²) in [6, 6.07) is 15.2. The van der Waals surface area contributed by atoms with Crippen LogP contribution in [0.15, 0.2) is 58.9 Å². The van der Waals surface area contributed by atoms with Gasteiger partial charge in [0.15, 0.2) is 4.34 Å². The Kier molecular flexibility index (Phi) is 6.28. The Morgan fingerprint density at radius 2 is 1.94 bits per heavy atom. The zero-order valence-electron chi connectivity index (χ0n) is 16.2. The first-order chi connectivity index (χ1) is 15.0. The van der Waals surface area contributed by atoms with Crippen molar-refractivity contribution in [2.45, 2.75) is 23.2 Å². The van der Waals surface area contributed by atoms with Crippen molar-refractivity contribution in [1.29, 1.82) is 0 Å². The summed E-state index contributed by atoms with van der Waals surface area (Å²) in [5.74, 6) is -0.255. The fourth-order valence-corrected chi connectivity index (χ4v) is 4.67. The number of aromatic nitrogens is 1. The van der Waals surface area contributed by atoms with E-state index in [4.69, 9.17) is 0 Å². The predicted molar refractivity (Wildman–Crippen MR) is 120 cm³/mol. The Morgan fingerprint density at radius 3 is 2.65 bits per heavy atom. The van der Waals surface area contributed by atoms with Crippen molar-refractivity contribution in [3.8, 4) is 11.3 Å². The number of amides is 2. The second-order valence-corrected chi connectivity index (χ2v) is 9.14. The van der Waals surface area contributed by atoms with Gasteiger partial charge in [0.1, 0.15) is 10.7 Å². The van der Waals surface area contributed by atoms with Gasteiger partial charge in [0.05, 0.1) is 10.7 Å². The molecule has 158 valence electrons. The predicted octanol–water partition coefficient (Wildman–Crippen LogP) is 4.34. The van der Waals surface area contributed by atoms with Crippen LogP contribution in [0.5, 0.6) is 0 Å². The van der Waals surface area contributed by atoms with Gasteiger partial charge in [-0.1, -0.05) is 59.5 Å². The lowest BCUT2D eigenvalue weighted by atomic mass is 10.1. The van der Waals surface area contributed by atoms with E-state index < -0.39 is 10.8 Å². The Bertz CT molecular complexity index is 1130. The number of hydrogen-bond acceptors (Lipinski definition) is 7. The Morgan fingerprint density at radius 1 is 1.16 bits per heavy atom. The zero-order valence-corrected chi connectivity index (χ0v) is 17.9. The van der Waals surface area contributed by atoms with E-state index in [9.17, 15) is 19.7 Å². The highest BCUT2D eigenvalue weighted by Crippen LogP contribution is 2.38. The van der Waals surface area contributed by atoms with Crippen LogP contribution in [0.4, 0.5) is 10.7 Å². The van der Waals surface area contributed by atoms with E-state index in [1.165, 1.54) is 47.4 Å². The number of benzene rings is 2. The number of nitrogens with zero attached hydrogens (tertiary/aromatic N) is 2. The second kappa shape index (κ2) is 9.27. The summed E-state index contributed by atoms with van der Waals surface area (Å²) in [7, 11) is 0. The average Bonchev–Trinajstić information content (AvgIpc) is 3.50. The van der Waals surface area contributed by atoms with Crippen LogP contribution in [0, 0.1) is 10.1 Å². The Balaban J connectivity index is 1.55. The van der Waals surface area contributed by atoms with Gasteiger partial charge in [0, 0.05) is 29.3 Å². The molecular weight excluding hydrogens is 436 g/mol. The van der Waals surface area contributed by atoms with E-state index in [1.54, 1.807) is 0 Å². The highest BCUT2D eigenvalue weighted by Gasteiger charge is 2.24. The van der Waals surface area contributed by atoms with Crippen molar-refractivity contribution in [1.82, 2.24) is 10.3 Å². The van der Waals surface area contributed by atoms with Crippen LogP contribution in [-0.4, -0.2) is 33.5 Å². The van der Waals surface area contributed by atoms with Gasteiger partial charge in [-0.05, 0) is 18.9 Å². The number of rotatable bonds is 8. The number of nitro benzene ring substituents is 1. The maximum absolute atomic E-state index is 12.8. The van der Waals surface area contributed by atoms with Gasteiger partial charge in [-0.2, -0.15) is 0 Å². The van der Waals surface area contributed by atoms with Gasteiger partial charge in [-0.25, -0.2) is 4.98 Å². The molecule has 1 fully saturated rings. The molecule has 10 heteroatoms. The molecule has 0 bridgehead atoms. The lowest BCUT2D eigenvalue weighted by Gasteiger charge is -2.05. The largest absolute Gasteiger partial charge is 0.353 e. The summed E-state index contributed by atoms with van der Waals surface area (Å²) in [6.07, 6.45) is 2.05. The van der Waals surface area contributed by atoms with Crippen LogP contribution >= 0.6 is 23.1 Å². The summed E-state index contributed by atoms with van der Waals surface area (Å²) >= 11 is 2.58. The van der Waals surface area contributed by atoms with Gasteiger partial charge >= 0.3 is 0 Å². The zero-order chi connectivity index (χ0) is 21.8. The van der Waals surface area contributed by atoms with Crippen molar-refractivity contribution in [2.24, 2.45) is 0 Å². The number of thioether (sulfide) groups is 1. The van der Waals surface area contributed by atoms with Gasteiger partial charge < -0.3 is 10.6 Å². The first kappa shape index (κ1) is 21.0. The fourth-order valence-electron chi connectivity index (χ4n) is 2.80. The van der Waals surface area contributed by atoms with Crippen molar-refractivity contribution >= 4 is 45.6 Å². The molecule has 31 heavy (non-hydrogen) atoms. The average molecular weight is 455 g/mol. The minimum Gasteiger partial charge on any atom is -0.353 e. The van der Waals surface area contributed by atoms with Crippen LogP contribution in [0.3, 0.4) is 0 Å². The van der Waals surface area contributed by atoms with Crippen LogP contribution in [-0.2, 0) is 4.79 Å². The van der Waals surface area contributed by atoms with Gasteiger partial charge in [-0.3, -0.25) is 19.7 Å². The van der Waals surface area contributed by atoms with Crippen molar-refractivity contribution in [3.63, 3.8) is 0 Å². The monoisotopic (exact) mass is 454 g/mol. The fraction of sp³-hybridized carbons (Fsp3) is 0.190. The molecule has 2 N–H and O–H groups in total. The lowest BCUT2D eigenvalue weighted by Crippen LogP contribution is -2.26. The molecule has 0 atom stereocenters. The molecule has 2 aromatic carbocycles. The van der Waals surface area contributed by atoms with Crippen LogP contribution < -0.4 is 10.6 Å². The molecule has 2 amide bonds. The SMILES string of the molecule is O=C(CSc1nc(-c2ccccc2)c(NC(=O)c2cccc([N+](=O)[O-])c2)s1)NC1CC1. The lowest BCUT2D eigenvalue weighted by molar-refractivity contribution is -0.384. The minimum absolute atomic E-state index is 0.0360. The Labute approximate surface area is 186 Å². The third-order valence-corrected chi connectivity index (χ3v) is 6.58. The molecule has 1 heterocycles. The quantitative estimate of drug-likeness (QED) is 0.297. The highest BCUT2D eigenvalue weighted by molar-refractivity contribution is 8.01. The van der Waals surface area contributed by atoms with Crippen LogP contribution in [0.2, 0.25) is 0 Å². The highest BCUT2D eigenvalue weighted by atomic mass is 32.2. The van der Waals surface area contributed by atoms with Gasteiger partial charge in [0.2, 0.25) is 5.91 Å². The summed E-state index contributed by atoms with van der Waals surface area (Å²) in [5, 5.41) is 17.3. The van der Waals surface area contributed by atoms with E-state index in [1.807, 2.05) is 30.3 Å². The van der Waals surface area contributed by atoms with E-state index in [-0.39, 0.29) is 22.9 Å². The normalized spacial score (nSPS) is 12.9. The first-order valence-electron chi connectivity index (χ1n) is 9.54. The first-order valence-corrected chi connectivity index (χ1v) is 11.3. The van der Waals surface area contributed by atoms with E-state index in [0.29, 0.717) is 21.1 Å². The number of carbonyl (C=O) groups excluding carboxylic acids is 2. The third-order valence-electron chi connectivity index (χ3n) is 4.47. The molecule has 8 nitrogen and oxygen atoms in total. The third kappa shape index (κ3) is 5.47. The number of hydrogen-bond donors (Lipinski definition) is 2. The number of carbonyl (C=O) groups is 2. The molecular formula is C21H18N4O4S2. The summed E-state index contributed by atoms with van der Waals surface area (Å²) in [6.45, 7) is 0. The number of thiazole rings is 1. The van der Waals surface area contributed by atoms with Crippen LogP contribution in [0.1, 0.15) is 23.2 Å². The molecule has 1 aliphatic rings. The summed E-state index contributed by atoms with van der Waals surface area (Å²) < 4.78 is 0.652. The molecule has 4 rings (SSSR count). The Hall–Kier alpha value is -3.24. The smallest absolute Gasteiger partial charge is 0.270 e. The van der Waals surface area contributed by atoms with E-state index in [0.717, 1.165) is 18.4 Å².